The van der Waals surface area contributed by atoms with E-state index < -0.39 is 0 Å². The van der Waals surface area contributed by atoms with Crippen molar-refractivity contribution in [1.82, 2.24) is 4.90 Å². The van der Waals surface area contributed by atoms with Gasteiger partial charge in [-0.25, -0.2) is 0 Å². The Balaban J connectivity index is 1.71. The van der Waals surface area contributed by atoms with Crippen LogP contribution in [0.1, 0.15) is 52.9 Å². The van der Waals surface area contributed by atoms with Crippen LogP contribution in [0.15, 0.2) is 12.2 Å². The Morgan fingerprint density at radius 3 is 2.61 bits per heavy atom. The molecule has 23 heavy (non-hydrogen) atoms. The first-order valence-corrected chi connectivity index (χ1v) is 9.29. The Bertz CT molecular complexity index is 596. The summed E-state index contributed by atoms with van der Waals surface area (Å²) in [7, 11) is 1.96. The zero-order valence-electron chi connectivity index (χ0n) is 14.8. The quantitative estimate of drug-likeness (QED) is 0.686. The van der Waals surface area contributed by atoms with Crippen molar-refractivity contribution in [1.29, 1.82) is 0 Å². The number of fused-ring (bicyclic) bond motifs is 5. The van der Waals surface area contributed by atoms with E-state index in [9.17, 15) is 9.59 Å². The third-order valence-corrected chi connectivity index (χ3v) is 8.14. The Morgan fingerprint density at radius 2 is 1.87 bits per heavy atom. The molecule has 126 valence electrons. The summed E-state index contributed by atoms with van der Waals surface area (Å²) in [6.45, 7) is 6.72. The molecule has 0 aromatic rings. The summed E-state index contributed by atoms with van der Waals surface area (Å²) in [5, 5.41) is 0. The molecule has 0 unspecified atom stereocenters. The highest BCUT2D eigenvalue weighted by molar-refractivity contribution is 5.90. The summed E-state index contributed by atoms with van der Waals surface area (Å²) in [5.41, 5.74) is 0.00562. The first-order valence-electron chi connectivity index (χ1n) is 9.29. The normalized spacial score (nSPS) is 52.2. The number of ketones is 1. The van der Waals surface area contributed by atoms with Crippen LogP contribution in [-0.4, -0.2) is 29.7 Å². The second kappa shape index (κ2) is 4.70. The molecule has 0 spiro atoms. The lowest BCUT2D eigenvalue weighted by atomic mass is 9.48. The highest BCUT2D eigenvalue weighted by Gasteiger charge is 2.61. The SMILES string of the molecule is C[C@@H]1C[C@H]2[C@@H]3CC[C@H]4N(C)C(=O)C=C[C@]4(C)[C@H]3CC[C@]2(C)C1=O. The second-order valence-corrected chi connectivity index (χ2v) is 9.08. The molecule has 1 amide bonds. The molecular weight excluding hydrogens is 286 g/mol. The van der Waals surface area contributed by atoms with Gasteiger partial charge in [0, 0.05) is 29.8 Å². The van der Waals surface area contributed by atoms with Gasteiger partial charge in [-0.2, -0.15) is 0 Å². The van der Waals surface area contributed by atoms with Crippen LogP contribution in [-0.2, 0) is 9.59 Å². The minimum absolute atomic E-state index is 0.0795. The van der Waals surface area contributed by atoms with Gasteiger partial charge in [0.25, 0.3) is 0 Å². The summed E-state index contributed by atoms with van der Waals surface area (Å²) >= 11 is 0. The van der Waals surface area contributed by atoms with Crippen molar-refractivity contribution in [2.24, 2.45) is 34.5 Å². The van der Waals surface area contributed by atoms with E-state index in [4.69, 9.17) is 0 Å². The lowest BCUT2D eigenvalue weighted by Gasteiger charge is -2.59. The van der Waals surface area contributed by atoms with Gasteiger partial charge < -0.3 is 4.90 Å². The van der Waals surface area contributed by atoms with Gasteiger partial charge in [0.15, 0.2) is 0 Å². The molecule has 3 fully saturated rings. The smallest absolute Gasteiger partial charge is 0.246 e. The van der Waals surface area contributed by atoms with Gasteiger partial charge in [-0.15, -0.1) is 0 Å². The summed E-state index contributed by atoms with van der Waals surface area (Å²) in [6.07, 6.45) is 9.51. The molecule has 0 radical (unpaired) electrons. The highest BCUT2D eigenvalue weighted by atomic mass is 16.2. The molecule has 4 rings (SSSR count). The highest BCUT2D eigenvalue weighted by Crippen LogP contribution is 2.63. The maximum atomic E-state index is 12.7. The average molecular weight is 315 g/mol. The molecule has 3 nitrogen and oxygen atoms in total. The fraction of sp³-hybridized carbons (Fsp3) is 0.800. The Hall–Kier alpha value is -1.12. The Morgan fingerprint density at radius 1 is 1.13 bits per heavy atom. The maximum Gasteiger partial charge on any atom is 0.246 e. The zero-order chi connectivity index (χ0) is 16.6. The van der Waals surface area contributed by atoms with E-state index in [0.29, 0.717) is 29.6 Å². The summed E-state index contributed by atoms with van der Waals surface area (Å²) in [6, 6.07) is 0.333. The number of hydrogen-bond acceptors (Lipinski definition) is 2. The molecule has 0 saturated heterocycles. The summed E-state index contributed by atoms with van der Waals surface area (Å²) in [4.78, 5) is 26.8. The maximum absolute atomic E-state index is 12.7. The van der Waals surface area contributed by atoms with Crippen molar-refractivity contribution in [3.8, 4) is 0 Å². The molecule has 3 saturated carbocycles. The number of amides is 1. The lowest BCUT2D eigenvalue weighted by Crippen LogP contribution is -2.59. The van der Waals surface area contributed by atoms with Crippen LogP contribution < -0.4 is 0 Å². The molecule has 3 heteroatoms. The van der Waals surface area contributed by atoms with Crippen molar-refractivity contribution in [2.45, 2.75) is 58.9 Å². The van der Waals surface area contributed by atoms with Crippen LogP contribution in [0.3, 0.4) is 0 Å². The van der Waals surface area contributed by atoms with Crippen LogP contribution >= 0.6 is 0 Å². The number of carbonyl (C=O) groups excluding carboxylic acids is 2. The van der Waals surface area contributed by atoms with Crippen molar-refractivity contribution in [3.63, 3.8) is 0 Å². The van der Waals surface area contributed by atoms with Gasteiger partial charge in [0.05, 0.1) is 0 Å². The van der Waals surface area contributed by atoms with E-state index in [1.54, 1.807) is 6.08 Å². The fourth-order valence-corrected chi connectivity index (χ4v) is 6.85. The first kappa shape index (κ1) is 15.4. The van der Waals surface area contributed by atoms with E-state index >= 15 is 0 Å². The third kappa shape index (κ3) is 1.82. The van der Waals surface area contributed by atoms with Crippen molar-refractivity contribution in [3.05, 3.63) is 12.2 Å². The molecule has 0 N–H and O–H groups in total. The number of hydrogen-bond donors (Lipinski definition) is 0. The van der Waals surface area contributed by atoms with Gasteiger partial charge in [-0.05, 0) is 55.9 Å². The molecule has 1 aliphatic heterocycles. The fourth-order valence-electron chi connectivity index (χ4n) is 6.85. The van der Waals surface area contributed by atoms with Crippen LogP contribution in [0.25, 0.3) is 0 Å². The molecular formula is C20H29NO2. The largest absolute Gasteiger partial charge is 0.338 e. The van der Waals surface area contributed by atoms with E-state index in [0.717, 1.165) is 25.7 Å². The molecule has 4 aliphatic rings. The van der Waals surface area contributed by atoms with E-state index in [1.807, 2.05) is 11.9 Å². The number of Topliss-reactive ketones (excluding diaryl/α,β-unsaturated/α-hetero) is 1. The second-order valence-electron chi connectivity index (χ2n) is 9.08. The number of likely N-dealkylation sites (N-methyl/N-ethyl adjacent to an activating group) is 1. The first-order chi connectivity index (χ1) is 10.8. The Labute approximate surface area is 139 Å². The van der Waals surface area contributed by atoms with Crippen LogP contribution in [0.5, 0.6) is 0 Å². The van der Waals surface area contributed by atoms with Crippen molar-refractivity contribution >= 4 is 11.7 Å². The van der Waals surface area contributed by atoms with E-state index in [1.165, 1.54) is 6.42 Å². The molecule has 1 heterocycles. The van der Waals surface area contributed by atoms with Gasteiger partial charge in [-0.3, -0.25) is 9.59 Å². The minimum Gasteiger partial charge on any atom is -0.338 e. The molecule has 0 aromatic heterocycles. The van der Waals surface area contributed by atoms with Gasteiger partial charge in [0.1, 0.15) is 5.78 Å². The molecule has 7 atom stereocenters. The van der Waals surface area contributed by atoms with Gasteiger partial charge in [0.2, 0.25) is 5.91 Å². The summed E-state index contributed by atoms with van der Waals surface area (Å²) < 4.78 is 0. The number of carbonyl (C=O) groups is 2. The monoisotopic (exact) mass is 315 g/mol. The van der Waals surface area contributed by atoms with Crippen molar-refractivity contribution in [2.75, 3.05) is 7.05 Å². The number of rotatable bonds is 0. The van der Waals surface area contributed by atoms with Crippen molar-refractivity contribution < 1.29 is 9.59 Å². The lowest BCUT2D eigenvalue weighted by molar-refractivity contribution is -0.142. The van der Waals surface area contributed by atoms with Crippen LogP contribution in [0.2, 0.25) is 0 Å². The average Bonchev–Trinajstić information content (AvgIpc) is 2.75. The van der Waals surface area contributed by atoms with Gasteiger partial charge in [-0.1, -0.05) is 26.8 Å². The predicted molar refractivity (Wildman–Crippen MR) is 89.6 cm³/mol. The zero-order valence-corrected chi connectivity index (χ0v) is 14.8. The minimum atomic E-state index is -0.0795. The third-order valence-electron chi connectivity index (χ3n) is 8.14. The van der Waals surface area contributed by atoms with Gasteiger partial charge >= 0.3 is 0 Å². The number of nitrogens with zero attached hydrogens (tertiary/aromatic N) is 1. The van der Waals surface area contributed by atoms with E-state index in [-0.39, 0.29) is 22.7 Å². The Kier molecular flexibility index (Phi) is 3.15. The van der Waals surface area contributed by atoms with E-state index in [2.05, 4.69) is 26.8 Å². The van der Waals surface area contributed by atoms with Crippen LogP contribution in [0, 0.1) is 34.5 Å². The molecule has 3 aliphatic carbocycles. The molecule has 0 aromatic carbocycles. The standard InChI is InChI=1S/C20H29NO2/c1-12-11-15-13-5-6-16-19(2,10-8-17(22)21(16)4)14(13)7-9-20(15,3)18(12)23/h8,10,12-16H,5-7,9,11H2,1-4H3/t12-,13-,14+,15+,16-,19-,20+/m1/s1. The topological polar surface area (TPSA) is 37.4 Å². The molecule has 0 bridgehead atoms. The summed E-state index contributed by atoms with van der Waals surface area (Å²) in [5.74, 6) is 2.72. The predicted octanol–water partition coefficient (Wildman–Crippen LogP) is 3.44. The van der Waals surface area contributed by atoms with Crippen LogP contribution in [0.4, 0.5) is 0 Å².